The third-order valence-corrected chi connectivity index (χ3v) is 10.5. The number of hydrogen-bond donors (Lipinski definition) is 2. The fourth-order valence-electron chi connectivity index (χ4n) is 6.95. The molecule has 3 amide bonds. The topological polar surface area (TPSA) is 161 Å². The number of carbonyl (C=O) groups is 5. The molecule has 2 aromatic heterocycles. The van der Waals surface area contributed by atoms with E-state index in [4.69, 9.17) is 16.4 Å². The molecule has 2 fully saturated rings. The molecule has 1 atom stereocenters. The van der Waals surface area contributed by atoms with Crippen LogP contribution < -0.4 is 10.6 Å². The number of nitrogens with zero attached hydrogens (tertiary/aromatic N) is 7. The number of halogens is 3. The number of likely N-dealkylation sites (N-methyl/N-ethyl adjacent to an activating group) is 1. The van der Waals surface area contributed by atoms with E-state index < -0.39 is 23.1 Å². The highest BCUT2D eigenvalue weighted by Crippen LogP contribution is 2.33. The monoisotopic (exact) mass is 854 g/mol. The maximum atomic E-state index is 15.4. The summed E-state index contributed by atoms with van der Waals surface area (Å²) in [4.78, 5) is 65.8. The summed E-state index contributed by atoms with van der Waals surface area (Å²) >= 11 is 6.02. The Kier molecular flexibility index (Phi) is 15.8. The first-order valence-electron chi connectivity index (χ1n) is 19.4. The van der Waals surface area contributed by atoms with Crippen molar-refractivity contribution in [1.82, 2.24) is 34.4 Å². The van der Waals surface area contributed by atoms with Gasteiger partial charge in [0.25, 0.3) is 12.4 Å². The van der Waals surface area contributed by atoms with Crippen LogP contribution in [0.2, 0.25) is 5.02 Å². The van der Waals surface area contributed by atoms with E-state index in [2.05, 4.69) is 56.4 Å². The fourth-order valence-corrected chi connectivity index (χ4v) is 7.17. The van der Waals surface area contributed by atoms with Gasteiger partial charge in [0.05, 0.1) is 63.3 Å². The van der Waals surface area contributed by atoms with E-state index in [1.54, 1.807) is 6.92 Å². The van der Waals surface area contributed by atoms with E-state index >= 15 is 8.78 Å². The molecule has 0 radical (unpaired) electrons. The molecule has 60 heavy (non-hydrogen) atoms. The molecule has 2 aliphatic rings. The van der Waals surface area contributed by atoms with Crippen LogP contribution in [0.15, 0.2) is 42.7 Å². The molecular weight excluding hydrogens is 800 g/mol. The van der Waals surface area contributed by atoms with Crippen molar-refractivity contribution in [2.45, 2.75) is 46.2 Å². The molecule has 0 bridgehead atoms. The van der Waals surface area contributed by atoms with Gasteiger partial charge in [-0.15, -0.1) is 0 Å². The smallest absolute Gasteiger partial charge is 0.292 e. The van der Waals surface area contributed by atoms with Crippen LogP contribution in [0.3, 0.4) is 0 Å². The van der Waals surface area contributed by atoms with E-state index in [1.807, 2.05) is 20.8 Å². The number of methoxy groups -OCH3 is 1. The van der Waals surface area contributed by atoms with Crippen molar-refractivity contribution in [3.8, 4) is 22.4 Å². The molecule has 4 aromatic rings. The number of ether oxygens (including phenoxy) is 1. The van der Waals surface area contributed by atoms with Crippen LogP contribution in [-0.4, -0.2) is 137 Å². The third kappa shape index (κ3) is 12.0. The minimum atomic E-state index is -1.12. The Balaban J connectivity index is 0.000000326. The van der Waals surface area contributed by atoms with Crippen LogP contribution in [0.25, 0.3) is 22.4 Å². The van der Waals surface area contributed by atoms with Crippen LogP contribution in [0.4, 0.5) is 14.5 Å². The second kappa shape index (κ2) is 20.2. The van der Waals surface area contributed by atoms with Crippen LogP contribution in [0.1, 0.15) is 53.9 Å². The first-order valence-corrected chi connectivity index (χ1v) is 19.7. The van der Waals surface area contributed by atoms with Gasteiger partial charge < -0.3 is 34.2 Å². The lowest BCUT2D eigenvalue weighted by molar-refractivity contribution is -0.878. The van der Waals surface area contributed by atoms with Crippen LogP contribution in [0, 0.1) is 24.5 Å². The van der Waals surface area contributed by atoms with E-state index in [9.17, 15) is 19.2 Å². The largest absolute Gasteiger partial charge is 0.471 e. The van der Waals surface area contributed by atoms with Gasteiger partial charge in [-0.05, 0) is 59.0 Å². The minimum absolute atomic E-state index is 0.0167. The predicted molar refractivity (Wildman–Crippen MR) is 224 cm³/mol. The summed E-state index contributed by atoms with van der Waals surface area (Å²) < 4.78 is 38.4. The summed E-state index contributed by atoms with van der Waals surface area (Å²) in [7, 11) is 9.38. The van der Waals surface area contributed by atoms with Gasteiger partial charge in [-0.3, -0.25) is 28.7 Å². The normalized spacial score (nSPS) is 16.1. The Morgan fingerprint density at radius 1 is 0.983 bits per heavy atom. The zero-order valence-electron chi connectivity index (χ0n) is 35.6. The molecule has 0 spiro atoms. The Hall–Kier alpha value is -5.52. The summed E-state index contributed by atoms with van der Waals surface area (Å²) in [6.45, 7) is 13.6. The van der Waals surface area contributed by atoms with Gasteiger partial charge in [-0.1, -0.05) is 17.7 Å². The summed E-state index contributed by atoms with van der Waals surface area (Å²) in [5, 5.41) is 9.80. The number of amides is 3. The van der Waals surface area contributed by atoms with E-state index in [0.717, 1.165) is 50.2 Å². The fraction of sp³-hybridized carbons (Fsp3) is 0.452. The predicted octanol–water partition coefficient (Wildman–Crippen LogP) is 4.82. The first kappa shape index (κ1) is 47.2. The number of nitrogens with one attached hydrogen (secondary N) is 2. The van der Waals surface area contributed by atoms with Gasteiger partial charge in [0, 0.05) is 78.8 Å². The molecule has 15 nitrogen and oxygen atoms in total. The van der Waals surface area contributed by atoms with Gasteiger partial charge in [0.2, 0.25) is 11.8 Å². The van der Waals surface area contributed by atoms with Gasteiger partial charge in [-0.2, -0.15) is 5.10 Å². The lowest BCUT2D eigenvalue weighted by atomic mass is 10.0. The SMILES string of the molecule is CN1CCN(C(=O)C2CC[N+](C)(C)C2)CC1.COC=O.Cc1c(-c2ccc(-c3cnc(C(=O)Nc4ccc(C=O)c(Cl)c4)n3C)c(F)c2F)cnn1CC(=O)NC(C)(C)C. The molecule has 4 heterocycles. The number of benzene rings is 2. The highest BCUT2D eigenvalue weighted by Gasteiger charge is 2.38. The highest BCUT2D eigenvalue weighted by atomic mass is 35.5. The van der Waals surface area contributed by atoms with Crippen molar-refractivity contribution in [1.29, 1.82) is 0 Å². The molecule has 18 heteroatoms. The Morgan fingerprint density at radius 3 is 2.18 bits per heavy atom. The molecule has 324 valence electrons. The van der Waals surface area contributed by atoms with Crippen molar-refractivity contribution < 1.29 is 42.0 Å². The van der Waals surface area contributed by atoms with Gasteiger partial charge in [0.1, 0.15) is 6.54 Å². The molecule has 2 saturated heterocycles. The number of carbonyl (C=O) groups excluding carboxylic acids is 5. The zero-order chi connectivity index (χ0) is 44.5. The maximum Gasteiger partial charge on any atom is 0.292 e. The van der Waals surface area contributed by atoms with Gasteiger partial charge >= 0.3 is 0 Å². The number of aldehydes is 1. The molecular formula is C42H55ClF2N9O6+. The molecule has 0 aliphatic carbocycles. The van der Waals surface area contributed by atoms with Crippen LogP contribution in [0.5, 0.6) is 0 Å². The van der Waals surface area contributed by atoms with Crippen molar-refractivity contribution in [2.75, 3.05) is 72.8 Å². The summed E-state index contributed by atoms with van der Waals surface area (Å²) in [6, 6.07) is 7.20. The number of hydrogen-bond acceptors (Lipinski definition) is 9. The van der Waals surface area contributed by atoms with Gasteiger partial charge in [-0.25, -0.2) is 13.8 Å². The zero-order valence-corrected chi connectivity index (χ0v) is 36.4. The molecule has 6 rings (SSSR count). The van der Waals surface area contributed by atoms with Crippen molar-refractivity contribution in [3.63, 3.8) is 0 Å². The molecule has 1 unspecified atom stereocenters. The minimum Gasteiger partial charge on any atom is -0.471 e. The number of rotatable bonds is 9. The average Bonchev–Trinajstić information content (AvgIpc) is 3.87. The molecule has 0 saturated carbocycles. The Bertz CT molecular complexity index is 2190. The van der Waals surface area contributed by atoms with Gasteiger partial charge in [0.15, 0.2) is 23.7 Å². The highest BCUT2D eigenvalue weighted by molar-refractivity contribution is 6.33. The molecule has 2 aliphatic heterocycles. The third-order valence-electron chi connectivity index (χ3n) is 10.2. The van der Waals surface area contributed by atoms with Crippen molar-refractivity contribution in [3.05, 3.63) is 76.5 Å². The van der Waals surface area contributed by atoms with Crippen LogP contribution in [-0.2, 0) is 32.7 Å². The van der Waals surface area contributed by atoms with E-state index in [-0.39, 0.29) is 51.6 Å². The second-order valence-corrected chi connectivity index (χ2v) is 16.9. The summed E-state index contributed by atoms with van der Waals surface area (Å²) in [6.07, 6.45) is 4.32. The average molecular weight is 855 g/mol. The lowest BCUT2D eigenvalue weighted by Crippen LogP contribution is -2.49. The molecule has 2 N–H and O–H groups in total. The number of quaternary nitrogens is 1. The van der Waals surface area contributed by atoms with Crippen LogP contribution >= 0.6 is 11.6 Å². The first-order chi connectivity index (χ1) is 28.2. The summed E-state index contributed by atoms with van der Waals surface area (Å²) in [5.41, 5.74) is 1.09. The number of likely N-dealkylation sites (tertiary alicyclic amines) is 1. The molecule has 2 aromatic carbocycles. The van der Waals surface area contributed by atoms with E-state index in [0.29, 0.717) is 35.6 Å². The lowest BCUT2D eigenvalue weighted by Gasteiger charge is -2.34. The standard InChI is InChI=1S/C28H27ClF2N6O3.C12H24N3O.C2H4O2/c1-15-20(11-33-37(15)13-23(39)35-28(2,3)4)18-8-9-19(25(31)24(18)30)22-12-32-26(36(22)5)27(40)34-17-7-6-16(14-38)21(29)10-17;1-13-5-7-14(8-6-13)12(16)11-4-9-15(2,3)10-11;1-4-2-3/h6-12,14H,13H2,1-5H3,(H,34,40)(H,35,39);11H,4-10H2,1-3H3;2H,1H3/q;+1;. The maximum absolute atomic E-state index is 15.4. The quantitative estimate of drug-likeness (QED) is 0.178. The number of aromatic nitrogens is 4. The number of imidazole rings is 1. The second-order valence-electron chi connectivity index (χ2n) is 16.5. The van der Waals surface area contributed by atoms with Crippen molar-refractivity contribution >= 4 is 47.8 Å². The Morgan fingerprint density at radius 2 is 1.62 bits per heavy atom. The number of piperazine rings is 1. The van der Waals surface area contributed by atoms with E-state index in [1.165, 1.54) is 66.1 Å². The Labute approximate surface area is 354 Å². The number of anilines is 1. The van der Waals surface area contributed by atoms with Crippen molar-refractivity contribution in [2.24, 2.45) is 13.0 Å². The summed E-state index contributed by atoms with van der Waals surface area (Å²) in [5.74, 6) is -2.47.